The van der Waals surface area contributed by atoms with E-state index in [1.165, 1.54) is 24.3 Å². The second-order valence-corrected chi connectivity index (χ2v) is 11.3. The molecule has 16 heteroatoms. The molecular weight excluding hydrogens is 571 g/mol. The van der Waals surface area contributed by atoms with Crippen LogP contribution in [0.5, 0.6) is 0 Å². The molecule has 222 valence electrons. The first kappa shape index (κ1) is 31.2. The Labute approximate surface area is 233 Å². The number of anilines is 2. The summed E-state index contributed by atoms with van der Waals surface area (Å²) in [6.45, 7) is -0.634. The minimum Gasteiger partial charge on any atom is -0.464 e. The molecule has 0 spiro atoms. The highest BCUT2D eigenvalue weighted by molar-refractivity contribution is 7.90. The number of amides is 6. The van der Waals surface area contributed by atoms with Crippen molar-refractivity contribution < 1.29 is 45.9 Å². The number of benzene rings is 2. The number of hydrogen-bond donors (Lipinski definition) is 5. The lowest BCUT2D eigenvalue weighted by molar-refractivity contribution is -0.137. The first-order valence-electron chi connectivity index (χ1n) is 12.3. The van der Waals surface area contributed by atoms with Crippen molar-refractivity contribution in [2.45, 2.75) is 48.8 Å². The molecule has 0 radical (unpaired) electrons. The zero-order valence-electron chi connectivity index (χ0n) is 21.7. The quantitative estimate of drug-likeness (QED) is 0.324. The van der Waals surface area contributed by atoms with Crippen molar-refractivity contribution in [1.29, 1.82) is 0 Å². The topological polar surface area (TPSA) is 174 Å². The first-order chi connectivity index (χ1) is 19.1. The van der Waals surface area contributed by atoms with Crippen LogP contribution < -0.4 is 26.2 Å². The predicted molar refractivity (Wildman–Crippen MR) is 141 cm³/mol. The molecule has 0 aliphatic heterocycles. The maximum Gasteiger partial charge on any atom is 0.420 e. The Morgan fingerprint density at radius 1 is 0.927 bits per heavy atom. The molecule has 0 unspecified atom stereocenters. The SMILES string of the molecule is CS(=O)(=O)c1ccc(NC(=O)N[C@@H]2CCCC[C@@H]2NC(=O)CNC(=O)N(C(=O)O)c2ccc(C(F)(F)F)cc2)cc1. The lowest BCUT2D eigenvalue weighted by Crippen LogP contribution is -2.56. The molecule has 2 atom stereocenters. The molecule has 1 saturated carbocycles. The first-order valence-corrected chi connectivity index (χ1v) is 14.2. The number of imide groups is 1. The summed E-state index contributed by atoms with van der Waals surface area (Å²) >= 11 is 0. The molecule has 6 amide bonds. The zero-order chi connectivity index (χ0) is 30.4. The third kappa shape index (κ3) is 8.83. The fourth-order valence-electron chi connectivity index (χ4n) is 4.20. The minimum absolute atomic E-state index is 0.0939. The molecule has 1 aliphatic carbocycles. The largest absolute Gasteiger partial charge is 0.464 e. The summed E-state index contributed by atoms with van der Waals surface area (Å²) in [5, 5.41) is 19.6. The normalized spacial score (nSPS) is 17.2. The van der Waals surface area contributed by atoms with Gasteiger partial charge in [0.2, 0.25) is 5.91 Å². The Balaban J connectivity index is 1.55. The molecule has 41 heavy (non-hydrogen) atoms. The van der Waals surface area contributed by atoms with Gasteiger partial charge >= 0.3 is 24.3 Å². The summed E-state index contributed by atoms with van der Waals surface area (Å²) in [5.41, 5.74) is -1.03. The molecular formula is C25H28F3N5O7S. The van der Waals surface area contributed by atoms with Crippen LogP contribution in [0.15, 0.2) is 53.4 Å². The van der Waals surface area contributed by atoms with Gasteiger partial charge in [-0.25, -0.2) is 22.8 Å². The number of nitrogens with zero attached hydrogens (tertiary/aromatic N) is 1. The molecule has 12 nitrogen and oxygen atoms in total. The number of rotatable bonds is 7. The maximum absolute atomic E-state index is 12.8. The average molecular weight is 600 g/mol. The second kappa shape index (κ2) is 12.9. The minimum atomic E-state index is -4.65. The number of halogens is 3. The fraction of sp³-hybridized carbons (Fsp3) is 0.360. The Bertz CT molecular complexity index is 1380. The van der Waals surface area contributed by atoms with Crippen LogP contribution in [0.4, 0.5) is 38.9 Å². The van der Waals surface area contributed by atoms with Crippen molar-refractivity contribution in [1.82, 2.24) is 16.0 Å². The van der Waals surface area contributed by atoms with Gasteiger partial charge in [-0.2, -0.15) is 18.1 Å². The Hall–Kier alpha value is -4.34. The second-order valence-electron chi connectivity index (χ2n) is 9.28. The molecule has 1 aliphatic rings. The highest BCUT2D eigenvalue weighted by Gasteiger charge is 2.32. The van der Waals surface area contributed by atoms with Gasteiger partial charge in [-0.15, -0.1) is 0 Å². The number of hydrogen-bond acceptors (Lipinski definition) is 6. The molecule has 1 fully saturated rings. The van der Waals surface area contributed by atoms with E-state index in [2.05, 4.69) is 21.3 Å². The van der Waals surface area contributed by atoms with Crippen LogP contribution in [-0.2, 0) is 20.8 Å². The molecule has 0 saturated heterocycles. The van der Waals surface area contributed by atoms with Gasteiger partial charge in [-0.3, -0.25) is 4.79 Å². The van der Waals surface area contributed by atoms with Gasteiger partial charge in [-0.1, -0.05) is 12.8 Å². The number of sulfone groups is 1. The standard InChI is InChI=1S/C25H28F3N5O7S/c1-41(39,40)18-12-8-16(9-13-18)30-22(35)32-20-5-3-2-4-19(20)31-21(34)14-29-23(36)33(24(37)38)17-10-6-15(7-11-17)25(26,27)28/h6-13,19-20H,2-5,14H2,1H3,(H,29,36)(H,31,34)(H,37,38)(H2,30,32,35)/t19-,20+/m0/s1. The van der Waals surface area contributed by atoms with Gasteiger partial charge in [-0.05, 0) is 61.4 Å². The van der Waals surface area contributed by atoms with Crippen molar-refractivity contribution in [2.24, 2.45) is 0 Å². The number of alkyl halides is 3. The van der Waals surface area contributed by atoms with Gasteiger partial charge in [0.25, 0.3) is 0 Å². The van der Waals surface area contributed by atoms with Gasteiger partial charge in [0.15, 0.2) is 9.84 Å². The van der Waals surface area contributed by atoms with E-state index < -0.39 is 64.3 Å². The highest BCUT2D eigenvalue weighted by Crippen LogP contribution is 2.30. The summed E-state index contributed by atoms with van der Waals surface area (Å²) < 4.78 is 61.5. The number of nitrogens with one attached hydrogen (secondary N) is 4. The van der Waals surface area contributed by atoms with Crippen LogP contribution >= 0.6 is 0 Å². The summed E-state index contributed by atoms with van der Waals surface area (Å²) in [6.07, 6.45) is -2.77. The van der Waals surface area contributed by atoms with E-state index in [4.69, 9.17) is 0 Å². The summed E-state index contributed by atoms with van der Waals surface area (Å²) in [4.78, 5) is 49.4. The van der Waals surface area contributed by atoms with E-state index in [-0.39, 0.29) is 15.5 Å². The average Bonchev–Trinajstić information content (AvgIpc) is 2.88. The van der Waals surface area contributed by atoms with Crippen LogP contribution in [0.1, 0.15) is 31.2 Å². The lowest BCUT2D eigenvalue weighted by Gasteiger charge is -2.33. The van der Waals surface area contributed by atoms with Crippen molar-refractivity contribution >= 4 is 45.3 Å². The lowest BCUT2D eigenvalue weighted by atomic mass is 9.90. The molecule has 0 aromatic heterocycles. The number of carboxylic acid groups (broad SMARTS) is 1. The molecule has 0 heterocycles. The van der Waals surface area contributed by atoms with Crippen LogP contribution in [-0.4, -0.2) is 62.5 Å². The van der Waals surface area contributed by atoms with Crippen LogP contribution in [0, 0.1) is 0 Å². The summed E-state index contributed by atoms with van der Waals surface area (Å²) in [6, 6.07) is 5.67. The van der Waals surface area contributed by atoms with Gasteiger partial charge in [0.1, 0.15) is 0 Å². The Morgan fingerprint density at radius 3 is 2.00 bits per heavy atom. The predicted octanol–water partition coefficient (Wildman–Crippen LogP) is 3.55. The van der Waals surface area contributed by atoms with Crippen LogP contribution in [0.3, 0.4) is 0 Å². The Morgan fingerprint density at radius 2 is 1.49 bits per heavy atom. The van der Waals surface area contributed by atoms with E-state index in [9.17, 15) is 45.9 Å². The number of carbonyl (C=O) groups excluding carboxylic acids is 3. The number of carbonyl (C=O) groups is 4. The Kier molecular flexibility index (Phi) is 9.80. The fourth-order valence-corrected chi connectivity index (χ4v) is 4.83. The third-order valence-corrected chi connectivity index (χ3v) is 7.35. The smallest absolute Gasteiger partial charge is 0.420 e. The van der Waals surface area contributed by atoms with Gasteiger partial charge in [0.05, 0.1) is 28.7 Å². The highest BCUT2D eigenvalue weighted by atomic mass is 32.2. The molecule has 3 rings (SSSR count). The maximum atomic E-state index is 12.8. The van der Waals surface area contributed by atoms with E-state index in [0.29, 0.717) is 30.7 Å². The van der Waals surface area contributed by atoms with E-state index >= 15 is 0 Å². The van der Waals surface area contributed by atoms with Crippen molar-refractivity contribution in [2.75, 3.05) is 23.0 Å². The van der Waals surface area contributed by atoms with Crippen LogP contribution in [0.25, 0.3) is 0 Å². The van der Waals surface area contributed by atoms with Gasteiger partial charge < -0.3 is 26.4 Å². The van der Waals surface area contributed by atoms with Crippen LogP contribution in [0.2, 0.25) is 0 Å². The van der Waals surface area contributed by atoms with Gasteiger partial charge in [0, 0.05) is 18.0 Å². The molecule has 2 aromatic carbocycles. The molecule has 0 bridgehead atoms. The monoisotopic (exact) mass is 599 g/mol. The molecule has 5 N–H and O–H groups in total. The van der Waals surface area contributed by atoms with E-state index in [1.807, 2.05) is 0 Å². The van der Waals surface area contributed by atoms with E-state index in [0.717, 1.165) is 31.2 Å². The van der Waals surface area contributed by atoms with E-state index in [1.54, 1.807) is 0 Å². The number of urea groups is 2. The summed E-state index contributed by atoms with van der Waals surface area (Å²) in [7, 11) is -3.39. The van der Waals surface area contributed by atoms with Crippen molar-refractivity contribution in [3.63, 3.8) is 0 Å². The summed E-state index contributed by atoms with van der Waals surface area (Å²) in [5.74, 6) is -0.674. The third-order valence-electron chi connectivity index (χ3n) is 6.22. The van der Waals surface area contributed by atoms with Crippen molar-refractivity contribution in [3.05, 3.63) is 54.1 Å². The van der Waals surface area contributed by atoms with Crippen molar-refractivity contribution in [3.8, 4) is 0 Å². The zero-order valence-corrected chi connectivity index (χ0v) is 22.5. The molecule has 2 aromatic rings.